The lowest BCUT2D eigenvalue weighted by molar-refractivity contribution is -0.384. The number of carbonyl (C=O) groups excluding carboxylic acids is 1. The zero-order valence-corrected chi connectivity index (χ0v) is 11.5. The van der Waals surface area contributed by atoms with Crippen LogP contribution in [0.4, 0.5) is 5.69 Å². The third kappa shape index (κ3) is 3.77. The van der Waals surface area contributed by atoms with Gasteiger partial charge < -0.3 is 10.6 Å². The van der Waals surface area contributed by atoms with Crippen LogP contribution in [-0.2, 0) is 11.3 Å². The van der Waals surface area contributed by atoms with Crippen LogP contribution >= 0.6 is 0 Å². The summed E-state index contributed by atoms with van der Waals surface area (Å²) in [7, 11) is 0. The highest BCUT2D eigenvalue weighted by atomic mass is 16.6. The molecule has 1 fully saturated rings. The van der Waals surface area contributed by atoms with Crippen molar-refractivity contribution < 1.29 is 9.72 Å². The lowest BCUT2D eigenvalue weighted by Crippen LogP contribution is -2.36. The smallest absolute Gasteiger partial charge is 0.269 e. The molecule has 0 radical (unpaired) electrons. The highest BCUT2D eigenvalue weighted by molar-refractivity contribution is 5.77. The molecule has 2 rings (SSSR count). The summed E-state index contributed by atoms with van der Waals surface area (Å²) < 4.78 is 0. The largest absolute Gasteiger partial charge is 0.335 e. The molecule has 1 amide bonds. The summed E-state index contributed by atoms with van der Waals surface area (Å²) in [5.41, 5.74) is 6.64. The zero-order chi connectivity index (χ0) is 14.7. The molecule has 0 spiro atoms. The Labute approximate surface area is 117 Å². The maximum Gasteiger partial charge on any atom is 0.269 e. The van der Waals surface area contributed by atoms with Crippen LogP contribution in [0.1, 0.15) is 31.7 Å². The molecule has 0 saturated heterocycles. The average Bonchev–Trinajstić information content (AvgIpc) is 3.19. The maximum atomic E-state index is 12.2. The number of nitrogens with two attached hydrogens (primary N) is 1. The minimum absolute atomic E-state index is 0.0563. The molecule has 0 bridgehead atoms. The second kappa shape index (κ2) is 6.00. The van der Waals surface area contributed by atoms with Crippen molar-refractivity contribution in [3.8, 4) is 0 Å². The summed E-state index contributed by atoms with van der Waals surface area (Å²) in [5, 5.41) is 10.6. The highest BCUT2D eigenvalue weighted by Gasteiger charge is 2.32. The third-order valence-electron chi connectivity index (χ3n) is 3.30. The van der Waals surface area contributed by atoms with Gasteiger partial charge in [-0.25, -0.2) is 0 Å². The summed E-state index contributed by atoms with van der Waals surface area (Å²) >= 11 is 0. The van der Waals surface area contributed by atoms with E-state index in [9.17, 15) is 14.9 Å². The van der Waals surface area contributed by atoms with E-state index in [4.69, 9.17) is 5.73 Å². The molecule has 0 aromatic heterocycles. The first-order valence-electron chi connectivity index (χ1n) is 6.75. The summed E-state index contributed by atoms with van der Waals surface area (Å²) in [4.78, 5) is 24.2. The maximum absolute atomic E-state index is 12.2. The SMILES string of the molecule is CC(N)CC(=O)N(Cc1ccc([N+](=O)[O-])cc1)C1CC1. The molecule has 20 heavy (non-hydrogen) atoms. The van der Waals surface area contributed by atoms with Gasteiger partial charge >= 0.3 is 0 Å². The van der Waals surface area contributed by atoms with Crippen LogP contribution in [0, 0.1) is 10.1 Å². The number of nitrogens with zero attached hydrogens (tertiary/aromatic N) is 2. The molecule has 1 aromatic carbocycles. The van der Waals surface area contributed by atoms with Crippen LogP contribution in [0.5, 0.6) is 0 Å². The number of hydrogen-bond donors (Lipinski definition) is 1. The van der Waals surface area contributed by atoms with Gasteiger partial charge in [0, 0.05) is 37.2 Å². The van der Waals surface area contributed by atoms with E-state index in [1.165, 1.54) is 12.1 Å². The molecule has 6 heteroatoms. The topological polar surface area (TPSA) is 89.5 Å². The first kappa shape index (κ1) is 14.5. The lowest BCUT2D eigenvalue weighted by atomic mass is 10.1. The first-order chi connectivity index (χ1) is 9.47. The number of nitro groups is 1. The van der Waals surface area contributed by atoms with Gasteiger partial charge in [-0.05, 0) is 25.3 Å². The van der Waals surface area contributed by atoms with Crippen LogP contribution in [-0.4, -0.2) is 27.8 Å². The van der Waals surface area contributed by atoms with Crippen molar-refractivity contribution in [1.82, 2.24) is 4.90 Å². The molecular weight excluding hydrogens is 258 g/mol. The number of amides is 1. The first-order valence-corrected chi connectivity index (χ1v) is 6.75. The molecule has 6 nitrogen and oxygen atoms in total. The number of non-ortho nitro benzene ring substituents is 1. The van der Waals surface area contributed by atoms with Gasteiger partial charge in [-0.1, -0.05) is 12.1 Å². The predicted molar refractivity (Wildman–Crippen MR) is 74.9 cm³/mol. The standard InChI is InChI=1S/C14H19N3O3/c1-10(15)8-14(18)16(12-6-7-12)9-11-2-4-13(5-3-11)17(19)20/h2-5,10,12H,6-9,15H2,1H3. The summed E-state index contributed by atoms with van der Waals surface area (Å²) in [6, 6.07) is 6.49. The van der Waals surface area contributed by atoms with E-state index in [1.807, 2.05) is 11.8 Å². The molecule has 1 aliphatic carbocycles. The molecule has 1 atom stereocenters. The van der Waals surface area contributed by atoms with Gasteiger partial charge in [0.05, 0.1) is 4.92 Å². The Hall–Kier alpha value is -1.95. The number of benzene rings is 1. The van der Waals surface area contributed by atoms with E-state index < -0.39 is 4.92 Å². The lowest BCUT2D eigenvalue weighted by Gasteiger charge is -2.23. The fraction of sp³-hybridized carbons (Fsp3) is 0.500. The Morgan fingerprint density at radius 1 is 1.45 bits per heavy atom. The third-order valence-corrected chi connectivity index (χ3v) is 3.30. The number of hydrogen-bond acceptors (Lipinski definition) is 4. The van der Waals surface area contributed by atoms with E-state index in [-0.39, 0.29) is 17.6 Å². The summed E-state index contributed by atoms with van der Waals surface area (Å²) in [6.07, 6.45) is 2.39. The van der Waals surface area contributed by atoms with E-state index in [2.05, 4.69) is 0 Å². The second-order valence-electron chi connectivity index (χ2n) is 5.36. The molecule has 1 unspecified atom stereocenters. The Bertz CT molecular complexity index is 495. The fourth-order valence-corrected chi connectivity index (χ4v) is 2.12. The Morgan fingerprint density at radius 3 is 2.50 bits per heavy atom. The number of rotatable bonds is 6. The molecule has 1 aromatic rings. The van der Waals surface area contributed by atoms with Crippen molar-refractivity contribution in [2.45, 2.75) is 44.8 Å². The Morgan fingerprint density at radius 2 is 2.05 bits per heavy atom. The molecule has 0 aliphatic heterocycles. The van der Waals surface area contributed by atoms with Crippen LogP contribution in [0.15, 0.2) is 24.3 Å². The van der Waals surface area contributed by atoms with Gasteiger partial charge in [0.25, 0.3) is 5.69 Å². The van der Waals surface area contributed by atoms with Crippen molar-refractivity contribution in [3.05, 3.63) is 39.9 Å². The number of nitro benzene ring substituents is 1. The van der Waals surface area contributed by atoms with E-state index in [1.54, 1.807) is 12.1 Å². The molecule has 2 N–H and O–H groups in total. The van der Waals surface area contributed by atoms with E-state index in [0.717, 1.165) is 18.4 Å². The van der Waals surface area contributed by atoms with E-state index in [0.29, 0.717) is 19.0 Å². The van der Waals surface area contributed by atoms with E-state index >= 15 is 0 Å². The molecule has 108 valence electrons. The molecule has 1 saturated carbocycles. The monoisotopic (exact) mass is 277 g/mol. The predicted octanol–water partition coefficient (Wildman–Crippen LogP) is 1.82. The van der Waals surface area contributed by atoms with Gasteiger partial charge in [-0.3, -0.25) is 14.9 Å². The van der Waals surface area contributed by atoms with Gasteiger partial charge in [0.2, 0.25) is 5.91 Å². The minimum Gasteiger partial charge on any atom is -0.335 e. The molecule has 0 heterocycles. The normalized spacial score (nSPS) is 15.7. The summed E-state index contributed by atoms with van der Waals surface area (Å²) in [5.74, 6) is 0.0563. The number of carbonyl (C=O) groups is 1. The van der Waals surface area contributed by atoms with Gasteiger partial charge in [-0.2, -0.15) is 0 Å². The second-order valence-corrected chi connectivity index (χ2v) is 5.36. The molecule has 1 aliphatic rings. The van der Waals surface area contributed by atoms with Crippen molar-refractivity contribution >= 4 is 11.6 Å². The van der Waals surface area contributed by atoms with Crippen LogP contribution < -0.4 is 5.73 Å². The van der Waals surface area contributed by atoms with Crippen molar-refractivity contribution in [2.75, 3.05) is 0 Å². The van der Waals surface area contributed by atoms with Crippen LogP contribution in [0.2, 0.25) is 0 Å². The quantitative estimate of drug-likeness (QED) is 0.634. The van der Waals surface area contributed by atoms with Gasteiger partial charge in [-0.15, -0.1) is 0 Å². The van der Waals surface area contributed by atoms with Gasteiger partial charge in [0.1, 0.15) is 0 Å². The highest BCUT2D eigenvalue weighted by Crippen LogP contribution is 2.29. The van der Waals surface area contributed by atoms with Gasteiger partial charge in [0.15, 0.2) is 0 Å². The van der Waals surface area contributed by atoms with Crippen molar-refractivity contribution in [3.63, 3.8) is 0 Å². The molecular formula is C14H19N3O3. The summed E-state index contributed by atoms with van der Waals surface area (Å²) in [6.45, 7) is 2.31. The van der Waals surface area contributed by atoms with Crippen molar-refractivity contribution in [1.29, 1.82) is 0 Å². The zero-order valence-electron chi connectivity index (χ0n) is 11.5. The van der Waals surface area contributed by atoms with Crippen LogP contribution in [0.25, 0.3) is 0 Å². The average molecular weight is 277 g/mol. The van der Waals surface area contributed by atoms with Crippen molar-refractivity contribution in [2.24, 2.45) is 5.73 Å². The fourth-order valence-electron chi connectivity index (χ4n) is 2.12. The Balaban J connectivity index is 2.04. The minimum atomic E-state index is -0.427. The van der Waals surface area contributed by atoms with Crippen LogP contribution in [0.3, 0.4) is 0 Å². The Kier molecular flexibility index (Phi) is 4.34.